The highest BCUT2D eigenvalue weighted by molar-refractivity contribution is 5.25. The minimum absolute atomic E-state index is 0.173. The second-order valence-electron chi connectivity index (χ2n) is 5.88. The van der Waals surface area contributed by atoms with E-state index in [0.717, 1.165) is 12.3 Å². The van der Waals surface area contributed by atoms with Crippen molar-refractivity contribution in [1.82, 2.24) is 15.1 Å². The molecule has 2 aliphatic rings. The van der Waals surface area contributed by atoms with E-state index in [4.69, 9.17) is 5.11 Å². The second kappa shape index (κ2) is 5.02. The molecule has 0 spiro atoms. The Morgan fingerprint density at radius 3 is 3.06 bits per heavy atom. The first kappa shape index (κ1) is 12.2. The van der Waals surface area contributed by atoms with E-state index in [1.807, 2.05) is 10.9 Å². The Morgan fingerprint density at radius 2 is 2.33 bits per heavy atom. The summed E-state index contributed by atoms with van der Waals surface area (Å²) in [5, 5.41) is 17.3. The van der Waals surface area contributed by atoms with E-state index in [1.165, 1.54) is 36.9 Å². The van der Waals surface area contributed by atoms with Crippen LogP contribution < -0.4 is 5.32 Å². The van der Waals surface area contributed by atoms with Gasteiger partial charge in [0.1, 0.15) is 0 Å². The van der Waals surface area contributed by atoms with Crippen molar-refractivity contribution in [2.75, 3.05) is 6.61 Å². The van der Waals surface area contributed by atoms with Crippen molar-refractivity contribution < 1.29 is 5.11 Å². The summed E-state index contributed by atoms with van der Waals surface area (Å²) in [4.78, 5) is 0. The summed E-state index contributed by atoms with van der Waals surface area (Å²) in [6.45, 7) is 3.12. The average molecular weight is 249 g/mol. The van der Waals surface area contributed by atoms with Crippen molar-refractivity contribution in [3.63, 3.8) is 0 Å². The Labute approximate surface area is 108 Å². The number of nitrogens with one attached hydrogen (secondary N) is 1. The number of nitrogens with zero attached hydrogens (tertiary/aromatic N) is 2. The molecule has 0 aliphatic heterocycles. The van der Waals surface area contributed by atoms with Crippen LogP contribution in [0.15, 0.2) is 6.20 Å². The first-order valence-electron chi connectivity index (χ1n) is 7.19. The van der Waals surface area contributed by atoms with Crippen LogP contribution in [0.3, 0.4) is 0 Å². The van der Waals surface area contributed by atoms with Gasteiger partial charge in [0.25, 0.3) is 0 Å². The lowest BCUT2D eigenvalue weighted by Crippen LogP contribution is -2.42. The van der Waals surface area contributed by atoms with E-state index < -0.39 is 0 Å². The van der Waals surface area contributed by atoms with Gasteiger partial charge in [-0.05, 0) is 38.0 Å². The second-order valence-corrected chi connectivity index (χ2v) is 5.88. The van der Waals surface area contributed by atoms with Gasteiger partial charge < -0.3 is 10.4 Å². The molecule has 4 heteroatoms. The third-order valence-corrected chi connectivity index (χ3v) is 4.39. The standard InChI is InChI=1S/C14H23N3O/c1-10-7-11(8-10)16-13-3-2-4-14-12(13)9-15-17(14)5-6-18/h9-11,13,16,18H,2-8H2,1H3. The lowest BCUT2D eigenvalue weighted by Gasteiger charge is -2.37. The summed E-state index contributed by atoms with van der Waals surface area (Å²) in [6.07, 6.45) is 8.19. The molecule has 1 atom stereocenters. The number of aliphatic hydroxyl groups is 1. The lowest BCUT2D eigenvalue weighted by atomic mass is 9.80. The molecular weight excluding hydrogens is 226 g/mol. The van der Waals surface area contributed by atoms with Crippen LogP contribution >= 0.6 is 0 Å². The predicted molar refractivity (Wildman–Crippen MR) is 70.3 cm³/mol. The first-order valence-corrected chi connectivity index (χ1v) is 7.19. The van der Waals surface area contributed by atoms with Crippen LogP contribution in [0.2, 0.25) is 0 Å². The van der Waals surface area contributed by atoms with Crippen LogP contribution in [0.25, 0.3) is 0 Å². The molecule has 1 saturated carbocycles. The molecule has 0 radical (unpaired) electrons. The minimum Gasteiger partial charge on any atom is -0.394 e. The van der Waals surface area contributed by atoms with E-state index in [1.54, 1.807) is 0 Å². The monoisotopic (exact) mass is 249 g/mol. The molecule has 3 rings (SSSR count). The summed E-state index contributed by atoms with van der Waals surface area (Å²) in [6, 6.07) is 1.19. The molecule has 1 aromatic heterocycles. The predicted octanol–water partition coefficient (Wildman–Crippen LogP) is 1.64. The van der Waals surface area contributed by atoms with Crippen LogP contribution in [0.5, 0.6) is 0 Å². The molecule has 1 fully saturated rings. The van der Waals surface area contributed by atoms with Crippen LogP contribution in [-0.2, 0) is 13.0 Å². The van der Waals surface area contributed by atoms with Crippen LogP contribution in [-0.4, -0.2) is 27.5 Å². The maximum atomic E-state index is 9.05. The van der Waals surface area contributed by atoms with Gasteiger partial charge in [0.05, 0.1) is 19.3 Å². The molecular formula is C14H23N3O. The van der Waals surface area contributed by atoms with Gasteiger partial charge in [-0.2, -0.15) is 5.10 Å². The van der Waals surface area contributed by atoms with Gasteiger partial charge in [-0.3, -0.25) is 4.68 Å². The zero-order valence-corrected chi connectivity index (χ0v) is 11.1. The molecule has 2 N–H and O–H groups in total. The average Bonchev–Trinajstić information content (AvgIpc) is 2.72. The van der Waals surface area contributed by atoms with Gasteiger partial charge >= 0.3 is 0 Å². The Hall–Kier alpha value is -0.870. The van der Waals surface area contributed by atoms with E-state index in [0.29, 0.717) is 18.6 Å². The topological polar surface area (TPSA) is 50.1 Å². The highest BCUT2D eigenvalue weighted by Gasteiger charge is 2.30. The maximum Gasteiger partial charge on any atom is 0.0644 e. The van der Waals surface area contributed by atoms with Gasteiger partial charge in [0.15, 0.2) is 0 Å². The Balaban J connectivity index is 1.71. The van der Waals surface area contributed by atoms with Gasteiger partial charge in [0, 0.05) is 23.3 Å². The van der Waals surface area contributed by atoms with Crippen LogP contribution in [0, 0.1) is 5.92 Å². The number of fused-ring (bicyclic) bond motifs is 1. The quantitative estimate of drug-likeness (QED) is 0.853. The van der Waals surface area contributed by atoms with Gasteiger partial charge in [-0.25, -0.2) is 0 Å². The van der Waals surface area contributed by atoms with Crippen molar-refractivity contribution in [2.24, 2.45) is 5.92 Å². The van der Waals surface area contributed by atoms with Gasteiger partial charge in [-0.1, -0.05) is 6.92 Å². The third kappa shape index (κ3) is 2.19. The maximum absolute atomic E-state index is 9.05. The van der Waals surface area contributed by atoms with E-state index in [-0.39, 0.29) is 6.61 Å². The number of aromatic nitrogens is 2. The van der Waals surface area contributed by atoms with Crippen molar-refractivity contribution in [3.8, 4) is 0 Å². The molecule has 0 amide bonds. The molecule has 0 bridgehead atoms. The molecule has 1 aromatic rings. The highest BCUT2D eigenvalue weighted by Crippen LogP contribution is 2.34. The third-order valence-electron chi connectivity index (χ3n) is 4.39. The summed E-state index contributed by atoms with van der Waals surface area (Å²) in [5.74, 6) is 0.891. The van der Waals surface area contributed by atoms with E-state index >= 15 is 0 Å². The largest absolute Gasteiger partial charge is 0.394 e. The molecule has 2 aliphatic carbocycles. The summed E-state index contributed by atoms with van der Waals surface area (Å²) in [5.41, 5.74) is 2.70. The molecule has 0 aromatic carbocycles. The number of aliphatic hydroxyl groups excluding tert-OH is 1. The smallest absolute Gasteiger partial charge is 0.0644 e. The van der Waals surface area contributed by atoms with Crippen molar-refractivity contribution in [1.29, 1.82) is 0 Å². The van der Waals surface area contributed by atoms with Gasteiger partial charge in [0.2, 0.25) is 0 Å². The highest BCUT2D eigenvalue weighted by atomic mass is 16.3. The molecule has 0 saturated heterocycles. The number of hydrogen-bond donors (Lipinski definition) is 2. The Bertz CT molecular complexity index is 409. The van der Waals surface area contributed by atoms with E-state index in [2.05, 4.69) is 17.3 Å². The molecule has 1 heterocycles. The Morgan fingerprint density at radius 1 is 1.50 bits per heavy atom. The fraction of sp³-hybridized carbons (Fsp3) is 0.786. The lowest BCUT2D eigenvalue weighted by molar-refractivity contribution is 0.214. The molecule has 18 heavy (non-hydrogen) atoms. The summed E-state index contributed by atoms with van der Waals surface area (Å²) < 4.78 is 1.98. The fourth-order valence-corrected chi connectivity index (χ4v) is 3.40. The SMILES string of the molecule is CC1CC(NC2CCCc3c2cnn3CCO)C1. The van der Waals surface area contributed by atoms with Crippen LogP contribution in [0.1, 0.15) is 49.9 Å². The van der Waals surface area contributed by atoms with Crippen molar-refractivity contribution in [3.05, 3.63) is 17.5 Å². The van der Waals surface area contributed by atoms with E-state index in [9.17, 15) is 0 Å². The van der Waals surface area contributed by atoms with Crippen molar-refractivity contribution in [2.45, 2.75) is 57.7 Å². The first-order chi connectivity index (χ1) is 8.78. The minimum atomic E-state index is 0.173. The van der Waals surface area contributed by atoms with Gasteiger partial charge in [-0.15, -0.1) is 0 Å². The Kier molecular flexibility index (Phi) is 3.39. The zero-order chi connectivity index (χ0) is 12.5. The number of hydrogen-bond acceptors (Lipinski definition) is 3. The molecule has 100 valence electrons. The molecule has 1 unspecified atom stereocenters. The summed E-state index contributed by atoms with van der Waals surface area (Å²) >= 11 is 0. The normalized spacial score (nSPS) is 30.9. The number of rotatable bonds is 4. The van der Waals surface area contributed by atoms with Crippen LogP contribution in [0.4, 0.5) is 0 Å². The summed E-state index contributed by atoms with van der Waals surface area (Å²) in [7, 11) is 0. The zero-order valence-electron chi connectivity index (χ0n) is 11.1. The fourth-order valence-electron chi connectivity index (χ4n) is 3.40. The van der Waals surface area contributed by atoms with Crippen molar-refractivity contribution >= 4 is 0 Å². The molecule has 4 nitrogen and oxygen atoms in total.